The van der Waals surface area contributed by atoms with Crippen LogP contribution in [-0.4, -0.2) is 28.1 Å². The molecule has 0 saturated carbocycles. The summed E-state index contributed by atoms with van der Waals surface area (Å²) in [5.74, 6) is 1.42. The highest BCUT2D eigenvalue weighted by Crippen LogP contribution is 2.33. The average Bonchev–Trinajstić information content (AvgIpc) is 2.66. The Hall–Kier alpha value is -2.11. The van der Waals surface area contributed by atoms with Crippen LogP contribution >= 0.6 is 31.9 Å². The van der Waals surface area contributed by atoms with Crippen molar-refractivity contribution in [2.24, 2.45) is 5.92 Å². The zero-order valence-corrected chi connectivity index (χ0v) is 21.6. The third-order valence-electron chi connectivity index (χ3n) is 4.14. The third kappa shape index (κ3) is 8.15. The van der Waals surface area contributed by atoms with E-state index in [4.69, 9.17) is 14.7 Å². The molecule has 0 aliphatic heterocycles. The summed E-state index contributed by atoms with van der Waals surface area (Å²) in [6, 6.07) is 9.33. The number of nitrogens with zero attached hydrogens (tertiary/aromatic N) is 3. The lowest BCUT2D eigenvalue weighted by Gasteiger charge is -2.28. The van der Waals surface area contributed by atoms with Gasteiger partial charge in [-0.15, -0.1) is 0 Å². The SMILES string of the molecule is CC(C)CCN(Cc1ccc(Oc2ncc(C#N)cc2Br)c(Br)c1)C(=O)OC(C)(C)C. The number of hydrogen-bond donors (Lipinski definition) is 0. The van der Waals surface area contributed by atoms with Crippen LogP contribution in [0.25, 0.3) is 0 Å². The van der Waals surface area contributed by atoms with E-state index in [9.17, 15) is 4.79 Å². The van der Waals surface area contributed by atoms with Crippen LogP contribution in [0.15, 0.2) is 39.4 Å². The Morgan fingerprint density at radius 3 is 2.48 bits per heavy atom. The number of aromatic nitrogens is 1. The Morgan fingerprint density at radius 1 is 1.23 bits per heavy atom. The first kappa shape index (κ1) is 25.2. The summed E-state index contributed by atoms with van der Waals surface area (Å²) in [6.07, 6.45) is 2.02. The standard InChI is InChI=1S/C23H27Br2N3O3/c1-15(2)8-9-28(22(29)31-23(3,4)5)14-16-6-7-20(18(24)10-16)30-21-19(25)11-17(12-26)13-27-21/h6-7,10-11,13,15H,8-9,14H2,1-5H3. The van der Waals surface area contributed by atoms with E-state index < -0.39 is 5.60 Å². The van der Waals surface area contributed by atoms with Crippen molar-refractivity contribution in [3.63, 3.8) is 0 Å². The van der Waals surface area contributed by atoms with E-state index in [1.165, 1.54) is 6.20 Å². The second kappa shape index (κ2) is 11.0. The molecule has 1 aromatic heterocycles. The van der Waals surface area contributed by atoms with Gasteiger partial charge in [0.15, 0.2) is 0 Å². The number of nitriles is 1. The molecule has 6 nitrogen and oxygen atoms in total. The molecule has 0 aliphatic carbocycles. The summed E-state index contributed by atoms with van der Waals surface area (Å²) in [6.45, 7) is 10.9. The van der Waals surface area contributed by atoms with Crippen molar-refractivity contribution >= 4 is 38.0 Å². The van der Waals surface area contributed by atoms with Crippen molar-refractivity contribution in [3.05, 3.63) is 50.5 Å². The minimum absolute atomic E-state index is 0.324. The molecular weight excluding hydrogens is 526 g/mol. The zero-order chi connectivity index (χ0) is 23.2. The van der Waals surface area contributed by atoms with Crippen molar-refractivity contribution in [2.75, 3.05) is 6.54 Å². The fourth-order valence-corrected chi connectivity index (χ4v) is 3.52. The van der Waals surface area contributed by atoms with E-state index in [2.05, 4.69) is 50.7 Å². The number of amides is 1. The summed E-state index contributed by atoms with van der Waals surface area (Å²) in [5.41, 5.74) is 0.838. The van der Waals surface area contributed by atoms with E-state index >= 15 is 0 Å². The minimum atomic E-state index is -0.549. The normalized spacial score (nSPS) is 11.2. The largest absolute Gasteiger partial charge is 0.444 e. The molecule has 0 fully saturated rings. The maximum Gasteiger partial charge on any atom is 0.410 e. The van der Waals surface area contributed by atoms with Crippen LogP contribution in [0.3, 0.4) is 0 Å². The Morgan fingerprint density at radius 2 is 1.94 bits per heavy atom. The van der Waals surface area contributed by atoms with Crippen molar-refractivity contribution in [1.29, 1.82) is 5.26 Å². The molecule has 8 heteroatoms. The van der Waals surface area contributed by atoms with Crippen LogP contribution in [-0.2, 0) is 11.3 Å². The monoisotopic (exact) mass is 551 g/mol. The highest BCUT2D eigenvalue weighted by atomic mass is 79.9. The summed E-state index contributed by atoms with van der Waals surface area (Å²) in [4.78, 5) is 18.6. The number of halogens is 2. The summed E-state index contributed by atoms with van der Waals surface area (Å²) in [5, 5.41) is 8.96. The second-order valence-electron chi connectivity index (χ2n) is 8.57. The predicted octanol–water partition coefficient (Wildman–Crippen LogP) is 7.05. The zero-order valence-electron chi connectivity index (χ0n) is 18.4. The molecule has 31 heavy (non-hydrogen) atoms. The topological polar surface area (TPSA) is 75.5 Å². The molecule has 0 saturated heterocycles. The van der Waals surface area contributed by atoms with Gasteiger partial charge in [-0.05, 0) is 88.7 Å². The van der Waals surface area contributed by atoms with Crippen LogP contribution < -0.4 is 4.74 Å². The maximum absolute atomic E-state index is 12.7. The number of hydrogen-bond acceptors (Lipinski definition) is 5. The van der Waals surface area contributed by atoms with Gasteiger partial charge in [0, 0.05) is 19.3 Å². The first-order valence-electron chi connectivity index (χ1n) is 9.98. The van der Waals surface area contributed by atoms with Gasteiger partial charge in [-0.3, -0.25) is 0 Å². The molecular formula is C23H27Br2N3O3. The van der Waals surface area contributed by atoms with Crippen LogP contribution in [0, 0.1) is 17.2 Å². The highest BCUT2D eigenvalue weighted by Gasteiger charge is 2.22. The first-order chi connectivity index (χ1) is 14.5. The predicted molar refractivity (Wildman–Crippen MR) is 127 cm³/mol. The Kier molecular flexibility index (Phi) is 8.90. The van der Waals surface area contributed by atoms with Gasteiger partial charge in [-0.25, -0.2) is 9.78 Å². The Bertz CT molecular complexity index is 966. The van der Waals surface area contributed by atoms with E-state index in [1.807, 2.05) is 45.0 Å². The number of carbonyl (C=O) groups is 1. The van der Waals surface area contributed by atoms with Gasteiger partial charge >= 0.3 is 6.09 Å². The highest BCUT2D eigenvalue weighted by molar-refractivity contribution is 9.11. The molecule has 2 aromatic rings. The molecule has 0 atom stereocenters. The Labute approximate surface area is 200 Å². The van der Waals surface area contributed by atoms with Crippen LogP contribution in [0.1, 0.15) is 52.2 Å². The van der Waals surface area contributed by atoms with Crippen molar-refractivity contribution in [1.82, 2.24) is 9.88 Å². The molecule has 166 valence electrons. The van der Waals surface area contributed by atoms with E-state index in [0.717, 1.165) is 16.5 Å². The average molecular weight is 553 g/mol. The summed E-state index contributed by atoms with van der Waals surface area (Å²) < 4.78 is 12.8. The lowest BCUT2D eigenvalue weighted by molar-refractivity contribution is 0.0225. The van der Waals surface area contributed by atoms with Crippen LogP contribution in [0.2, 0.25) is 0 Å². The number of rotatable bonds is 7. The molecule has 0 aliphatic rings. The molecule has 2 rings (SSSR count). The lowest BCUT2D eigenvalue weighted by atomic mass is 10.1. The molecule has 1 heterocycles. The lowest BCUT2D eigenvalue weighted by Crippen LogP contribution is -2.37. The second-order valence-corrected chi connectivity index (χ2v) is 10.3. The van der Waals surface area contributed by atoms with Gasteiger partial charge in [0.05, 0.1) is 14.5 Å². The fourth-order valence-electron chi connectivity index (χ4n) is 2.59. The summed E-state index contributed by atoms with van der Waals surface area (Å²) >= 11 is 6.91. The number of benzene rings is 1. The minimum Gasteiger partial charge on any atom is -0.444 e. The van der Waals surface area contributed by atoms with Crippen LogP contribution in [0.5, 0.6) is 11.6 Å². The van der Waals surface area contributed by atoms with Gasteiger partial charge in [-0.1, -0.05) is 19.9 Å². The molecule has 1 amide bonds. The van der Waals surface area contributed by atoms with Crippen molar-refractivity contribution in [3.8, 4) is 17.7 Å². The maximum atomic E-state index is 12.7. The van der Waals surface area contributed by atoms with E-state index in [0.29, 0.717) is 40.7 Å². The molecule has 0 spiro atoms. The van der Waals surface area contributed by atoms with E-state index in [1.54, 1.807) is 11.0 Å². The van der Waals surface area contributed by atoms with Gasteiger partial charge in [0.1, 0.15) is 17.4 Å². The smallest absolute Gasteiger partial charge is 0.410 e. The van der Waals surface area contributed by atoms with Crippen molar-refractivity contribution in [2.45, 2.75) is 53.2 Å². The number of ether oxygens (including phenoxy) is 2. The third-order valence-corrected chi connectivity index (χ3v) is 5.33. The molecule has 1 aromatic carbocycles. The molecule has 0 N–H and O–H groups in total. The molecule has 0 radical (unpaired) electrons. The van der Waals surface area contributed by atoms with Crippen LogP contribution in [0.4, 0.5) is 4.79 Å². The van der Waals surface area contributed by atoms with Gasteiger partial charge in [0.25, 0.3) is 0 Å². The van der Waals surface area contributed by atoms with Crippen molar-refractivity contribution < 1.29 is 14.3 Å². The Balaban J connectivity index is 2.17. The van der Waals surface area contributed by atoms with Gasteiger partial charge in [-0.2, -0.15) is 5.26 Å². The fraction of sp³-hybridized carbons (Fsp3) is 0.435. The van der Waals surface area contributed by atoms with Gasteiger partial charge < -0.3 is 14.4 Å². The van der Waals surface area contributed by atoms with E-state index in [-0.39, 0.29) is 6.09 Å². The van der Waals surface area contributed by atoms with Gasteiger partial charge in [0.2, 0.25) is 5.88 Å². The number of pyridine rings is 1. The first-order valence-corrected chi connectivity index (χ1v) is 11.6. The molecule has 0 unspecified atom stereocenters. The quantitative estimate of drug-likeness (QED) is 0.367. The number of carbonyl (C=O) groups excluding carboxylic acids is 1. The molecule has 0 bridgehead atoms. The summed E-state index contributed by atoms with van der Waals surface area (Å²) in [7, 11) is 0.